The van der Waals surface area contributed by atoms with Crippen molar-refractivity contribution in [2.24, 2.45) is 0 Å². The Hall–Kier alpha value is -2.55. The van der Waals surface area contributed by atoms with Gasteiger partial charge in [0.15, 0.2) is 11.7 Å². The number of hydrogen-bond donors (Lipinski definition) is 2. The molecule has 3 rings (SSSR count). The number of nitrogens with one attached hydrogen (secondary N) is 1. The van der Waals surface area contributed by atoms with Crippen LogP contribution < -0.4 is 0 Å². The average Bonchev–Trinajstić information content (AvgIpc) is 2.79. The zero-order valence-electron chi connectivity index (χ0n) is 9.55. The van der Waals surface area contributed by atoms with Crippen molar-refractivity contribution in [3.05, 3.63) is 65.7 Å². The van der Waals surface area contributed by atoms with E-state index in [1.54, 1.807) is 24.3 Å². The summed E-state index contributed by atoms with van der Waals surface area (Å²) in [6.45, 7) is 0. The number of carbonyl (C=O) groups excluding carboxylic acids is 1. The summed E-state index contributed by atoms with van der Waals surface area (Å²) in [6, 6.07) is 16.1. The van der Waals surface area contributed by atoms with E-state index in [1.165, 1.54) is 0 Å². The van der Waals surface area contributed by atoms with Crippen LogP contribution in [-0.2, 0) is 0 Å². The van der Waals surface area contributed by atoms with Crippen LogP contribution in [0, 0.1) is 0 Å². The van der Waals surface area contributed by atoms with Crippen molar-refractivity contribution in [3.8, 4) is 5.88 Å². The third kappa shape index (κ3) is 1.66. The number of ketones is 1. The minimum Gasteiger partial charge on any atom is -0.495 e. The number of fused-ring (bicyclic) bond motifs is 1. The van der Waals surface area contributed by atoms with E-state index in [9.17, 15) is 9.90 Å². The van der Waals surface area contributed by atoms with Gasteiger partial charge in [0.25, 0.3) is 0 Å². The number of benzene rings is 2. The Balaban J connectivity index is 2.18. The number of aromatic nitrogens is 1. The van der Waals surface area contributed by atoms with Gasteiger partial charge in [-0.3, -0.25) is 4.79 Å². The molecule has 3 heteroatoms. The summed E-state index contributed by atoms with van der Waals surface area (Å²) in [6.07, 6.45) is 0. The highest BCUT2D eigenvalue weighted by Gasteiger charge is 2.13. The number of H-pyrrole nitrogens is 1. The fourth-order valence-electron chi connectivity index (χ4n) is 2.08. The lowest BCUT2D eigenvalue weighted by Gasteiger charge is -2.02. The molecule has 2 aromatic carbocycles. The van der Waals surface area contributed by atoms with Crippen LogP contribution in [0.2, 0.25) is 0 Å². The molecule has 0 aliphatic rings. The fraction of sp³-hybridized carbons (Fsp3) is 0. The SMILES string of the molecule is O=C(c1ccccc1)c1cccc2cc(O)[nH]c12. The van der Waals surface area contributed by atoms with E-state index < -0.39 is 0 Å². The molecule has 2 N–H and O–H groups in total. The molecule has 0 aliphatic carbocycles. The topological polar surface area (TPSA) is 53.1 Å². The molecule has 1 heterocycles. The monoisotopic (exact) mass is 237 g/mol. The first-order valence-electron chi connectivity index (χ1n) is 5.66. The molecule has 3 aromatic rings. The van der Waals surface area contributed by atoms with Crippen molar-refractivity contribution in [1.82, 2.24) is 4.98 Å². The van der Waals surface area contributed by atoms with E-state index in [4.69, 9.17) is 0 Å². The second kappa shape index (κ2) is 4.04. The molecule has 0 spiro atoms. The van der Waals surface area contributed by atoms with E-state index in [-0.39, 0.29) is 11.7 Å². The lowest BCUT2D eigenvalue weighted by atomic mass is 10.0. The highest BCUT2D eigenvalue weighted by Crippen LogP contribution is 2.24. The second-order valence-electron chi connectivity index (χ2n) is 4.12. The van der Waals surface area contributed by atoms with Gasteiger partial charge < -0.3 is 10.1 Å². The Morgan fingerprint density at radius 1 is 1.00 bits per heavy atom. The van der Waals surface area contributed by atoms with Gasteiger partial charge in [-0.2, -0.15) is 0 Å². The van der Waals surface area contributed by atoms with E-state index in [1.807, 2.05) is 30.3 Å². The van der Waals surface area contributed by atoms with Gasteiger partial charge in [0, 0.05) is 22.6 Å². The number of para-hydroxylation sites is 1. The Kier molecular flexibility index (Phi) is 2.38. The second-order valence-corrected chi connectivity index (χ2v) is 4.12. The molecule has 0 bridgehead atoms. The smallest absolute Gasteiger partial charge is 0.195 e. The number of aromatic amines is 1. The van der Waals surface area contributed by atoms with Crippen LogP contribution in [0.15, 0.2) is 54.6 Å². The van der Waals surface area contributed by atoms with Crippen molar-refractivity contribution in [3.63, 3.8) is 0 Å². The van der Waals surface area contributed by atoms with Gasteiger partial charge in [0.05, 0.1) is 5.52 Å². The van der Waals surface area contributed by atoms with Gasteiger partial charge in [-0.1, -0.05) is 42.5 Å². The van der Waals surface area contributed by atoms with Crippen molar-refractivity contribution < 1.29 is 9.90 Å². The Labute approximate surface area is 104 Å². The maximum atomic E-state index is 12.4. The minimum atomic E-state index is -0.0527. The van der Waals surface area contributed by atoms with Crippen LogP contribution in [0.4, 0.5) is 0 Å². The van der Waals surface area contributed by atoms with Crippen LogP contribution in [0.3, 0.4) is 0 Å². The molecule has 88 valence electrons. The molecule has 0 saturated carbocycles. The molecule has 0 unspecified atom stereocenters. The third-order valence-corrected chi connectivity index (χ3v) is 2.92. The molecule has 0 amide bonds. The highest BCUT2D eigenvalue weighted by molar-refractivity contribution is 6.15. The average molecular weight is 237 g/mol. The molecule has 1 aromatic heterocycles. The number of carbonyl (C=O) groups is 1. The van der Waals surface area contributed by atoms with Crippen LogP contribution in [0.5, 0.6) is 5.88 Å². The molecular weight excluding hydrogens is 226 g/mol. The minimum absolute atomic E-state index is 0.0527. The van der Waals surface area contributed by atoms with Gasteiger partial charge in [-0.05, 0) is 6.07 Å². The molecule has 3 nitrogen and oxygen atoms in total. The maximum Gasteiger partial charge on any atom is 0.195 e. The largest absolute Gasteiger partial charge is 0.495 e. The molecule has 0 saturated heterocycles. The van der Waals surface area contributed by atoms with E-state index in [2.05, 4.69) is 4.98 Å². The normalized spacial score (nSPS) is 10.7. The first-order valence-corrected chi connectivity index (χ1v) is 5.66. The molecule has 0 radical (unpaired) electrons. The first kappa shape index (κ1) is 10.6. The molecule has 0 aliphatic heterocycles. The summed E-state index contributed by atoms with van der Waals surface area (Å²) in [5.74, 6) is 0.0151. The summed E-state index contributed by atoms with van der Waals surface area (Å²) in [5, 5.41) is 10.3. The van der Waals surface area contributed by atoms with E-state index in [0.717, 1.165) is 5.39 Å². The first-order chi connectivity index (χ1) is 8.75. The molecule has 0 fully saturated rings. The summed E-state index contributed by atoms with van der Waals surface area (Å²) >= 11 is 0. The summed E-state index contributed by atoms with van der Waals surface area (Å²) in [4.78, 5) is 15.2. The lowest BCUT2D eigenvalue weighted by Crippen LogP contribution is -2.01. The standard InChI is InChI=1S/C15H11NO2/c17-13-9-11-7-4-8-12(14(11)16-13)15(18)10-5-2-1-3-6-10/h1-9,16-17H. The fourth-order valence-corrected chi connectivity index (χ4v) is 2.08. The Morgan fingerprint density at radius 2 is 1.78 bits per heavy atom. The zero-order valence-corrected chi connectivity index (χ0v) is 9.55. The van der Waals surface area contributed by atoms with Crippen molar-refractivity contribution in [2.75, 3.05) is 0 Å². The van der Waals surface area contributed by atoms with Crippen LogP contribution in [0.25, 0.3) is 10.9 Å². The van der Waals surface area contributed by atoms with Gasteiger partial charge in [-0.25, -0.2) is 0 Å². The zero-order chi connectivity index (χ0) is 12.5. The summed E-state index contributed by atoms with van der Waals surface area (Å²) < 4.78 is 0. The molecule has 18 heavy (non-hydrogen) atoms. The molecule has 0 atom stereocenters. The predicted octanol–water partition coefficient (Wildman–Crippen LogP) is 3.10. The van der Waals surface area contributed by atoms with Gasteiger partial charge in [0.2, 0.25) is 0 Å². The number of aromatic hydroxyl groups is 1. The molecular formula is C15H11NO2. The number of rotatable bonds is 2. The van der Waals surface area contributed by atoms with Crippen molar-refractivity contribution >= 4 is 16.7 Å². The maximum absolute atomic E-state index is 12.4. The van der Waals surface area contributed by atoms with Crippen molar-refractivity contribution in [1.29, 1.82) is 0 Å². The Bertz CT molecular complexity index is 714. The lowest BCUT2D eigenvalue weighted by molar-refractivity contribution is 0.104. The number of hydrogen-bond acceptors (Lipinski definition) is 2. The van der Waals surface area contributed by atoms with Crippen LogP contribution >= 0.6 is 0 Å². The summed E-state index contributed by atoms with van der Waals surface area (Å²) in [5.41, 5.74) is 1.88. The quantitative estimate of drug-likeness (QED) is 0.673. The van der Waals surface area contributed by atoms with E-state index >= 15 is 0 Å². The highest BCUT2D eigenvalue weighted by atomic mass is 16.3. The van der Waals surface area contributed by atoms with Gasteiger partial charge in [-0.15, -0.1) is 0 Å². The predicted molar refractivity (Wildman–Crippen MR) is 69.8 cm³/mol. The van der Waals surface area contributed by atoms with Gasteiger partial charge >= 0.3 is 0 Å². The van der Waals surface area contributed by atoms with Crippen LogP contribution in [0.1, 0.15) is 15.9 Å². The third-order valence-electron chi connectivity index (χ3n) is 2.92. The van der Waals surface area contributed by atoms with E-state index in [0.29, 0.717) is 16.6 Å². The van der Waals surface area contributed by atoms with Gasteiger partial charge in [0.1, 0.15) is 0 Å². The Morgan fingerprint density at radius 3 is 2.56 bits per heavy atom. The summed E-state index contributed by atoms with van der Waals surface area (Å²) in [7, 11) is 0. The van der Waals surface area contributed by atoms with Crippen molar-refractivity contribution in [2.45, 2.75) is 0 Å². The van der Waals surface area contributed by atoms with Crippen LogP contribution in [-0.4, -0.2) is 15.9 Å².